The average Bonchev–Trinajstić information content (AvgIpc) is 2.27. The van der Waals surface area contributed by atoms with E-state index in [0.717, 1.165) is 24.3 Å². The maximum Gasteiger partial charge on any atom is 0.126 e. The van der Waals surface area contributed by atoms with Gasteiger partial charge in [-0.1, -0.05) is 6.07 Å². The first-order valence-electron chi connectivity index (χ1n) is 4.87. The number of rotatable bonds is 2. The van der Waals surface area contributed by atoms with E-state index < -0.39 is 0 Å². The van der Waals surface area contributed by atoms with E-state index in [2.05, 4.69) is 0 Å². The van der Waals surface area contributed by atoms with Crippen molar-refractivity contribution in [3.63, 3.8) is 0 Å². The van der Waals surface area contributed by atoms with Crippen molar-refractivity contribution in [3.8, 4) is 11.5 Å². The van der Waals surface area contributed by atoms with Crippen LogP contribution in [0.3, 0.4) is 0 Å². The van der Waals surface area contributed by atoms with Gasteiger partial charge in [-0.05, 0) is 25.0 Å². The molecule has 0 bridgehead atoms. The smallest absolute Gasteiger partial charge is 0.126 e. The number of hydrogen-bond donors (Lipinski definition) is 1. The van der Waals surface area contributed by atoms with Crippen LogP contribution in [0.25, 0.3) is 0 Å². The maximum atomic E-state index is 5.72. The van der Waals surface area contributed by atoms with Gasteiger partial charge in [0.15, 0.2) is 0 Å². The highest BCUT2D eigenvalue weighted by molar-refractivity contribution is 5.46. The molecule has 1 aromatic rings. The summed E-state index contributed by atoms with van der Waals surface area (Å²) in [6.07, 6.45) is 2.13. The minimum Gasteiger partial charge on any atom is -0.496 e. The molecule has 1 aromatic carbocycles. The van der Waals surface area contributed by atoms with Gasteiger partial charge in [0, 0.05) is 12.1 Å². The van der Waals surface area contributed by atoms with E-state index in [9.17, 15) is 0 Å². The Kier molecular flexibility index (Phi) is 2.59. The number of hydrogen-bond acceptors (Lipinski definition) is 3. The molecule has 0 aromatic heterocycles. The van der Waals surface area contributed by atoms with Crippen LogP contribution in [0.15, 0.2) is 18.2 Å². The van der Waals surface area contributed by atoms with E-state index in [1.807, 2.05) is 18.2 Å². The van der Waals surface area contributed by atoms with Crippen molar-refractivity contribution in [2.75, 3.05) is 13.7 Å². The Hall–Kier alpha value is -1.22. The van der Waals surface area contributed by atoms with Gasteiger partial charge in [0.1, 0.15) is 17.6 Å². The molecular formula is C11H15NO2. The molecule has 1 heterocycles. The zero-order valence-corrected chi connectivity index (χ0v) is 8.32. The Bertz CT molecular complexity index is 325. The number of fused-ring (bicyclic) bond motifs is 1. The molecule has 1 aliphatic rings. The summed E-state index contributed by atoms with van der Waals surface area (Å²) in [6.45, 7) is 0.580. The van der Waals surface area contributed by atoms with Crippen molar-refractivity contribution < 1.29 is 9.47 Å². The molecule has 3 nitrogen and oxygen atoms in total. The summed E-state index contributed by atoms with van der Waals surface area (Å²) >= 11 is 0. The molecule has 0 radical (unpaired) electrons. The van der Waals surface area contributed by atoms with Crippen LogP contribution in [0.4, 0.5) is 0 Å². The molecule has 2 rings (SSSR count). The lowest BCUT2D eigenvalue weighted by molar-refractivity contribution is 0.179. The normalized spacial score (nSPS) is 19.7. The third kappa shape index (κ3) is 1.55. The summed E-state index contributed by atoms with van der Waals surface area (Å²) in [7, 11) is 1.69. The molecule has 0 unspecified atom stereocenters. The Morgan fingerprint density at radius 2 is 2.43 bits per heavy atom. The van der Waals surface area contributed by atoms with Crippen LogP contribution in [0.1, 0.15) is 12.0 Å². The zero-order valence-electron chi connectivity index (χ0n) is 8.32. The van der Waals surface area contributed by atoms with Crippen LogP contribution in [0.5, 0.6) is 11.5 Å². The van der Waals surface area contributed by atoms with Crippen molar-refractivity contribution in [2.24, 2.45) is 5.73 Å². The molecule has 1 atom stereocenters. The van der Waals surface area contributed by atoms with Gasteiger partial charge in [0.25, 0.3) is 0 Å². The van der Waals surface area contributed by atoms with Gasteiger partial charge < -0.3 is 15.2 Å². The van der Waals surface area contributed by atoms with Crippen LogP contribution in [-0.4, -0.2) is 19.8 Å². The number of nitrogens with two attached hydrogens (primary N) is 1. The standard InChI is InChI=1S/C11H15NO2/c1-13-10-3-2-4-11-9(10)6-5-8(7-12)14-11/h2-4,8H,5-7,12H2,1H3/t8-/m1/s1. The summed E-state index contributed by atoms with van der Waals surface area (Å²) in [6, 6.07) is 5.88. The average molecular weight is 193 g/mol. The van der Waals surface area contributed by atoms with Crippen LogP contribution in [0.2, 0.25) is 0 Å². The molecule has 0 spiro atoms. The quantitative estimate of drug-likeness (QED) is 0.771. The van der Waals surface area contributed by atoms with Crippen LogP contribution in [0, 0.1) is 0 Å². The lowest BCUT2D eigenvalue weighted by Crippen LogP contribution is -2.30. The third-order valence-corrected chi connectivity index (χ3v) is 2.58. The summed E-state index contributed by atoms with van der Waals surface area (Å²) in [4.78, 5) is 0. The molecular weight excluding hydrogens is 178 g/mol. The van der Waals surface area contributed by atoms with Gasteiger partial charge in [0.2, 0.25) is 0 Å². The van der Waals surface area contributed by atoms with E-state index in [-0.39, 0.29) is 6.10 Å². The van der Waals surface area contributed by atoms with E-state index in [1.165, 1.54) is 5.56 Å². The number of benzene rings is 1. The summed E-state index contributed by atoms with van der Waals surface area (Å²) < 4.78 is 11.0. The van der Waals surface area contributed by atoms with Gasteiger partial charge in [0.05, 0.1) is 7.11 Å². The van der Waals surface area contributed by atoms with Crippen molar-refractivity contribution in [3.05, 3.63) is 23.8 Å². The van der Waals surface area contributed by atoms with Gasteiger partial charge in [-0.25, -0.2) is 0 Å². The maximum absolute atomic E-state index is 5.72. The lowest BCUT2D eigenvalue weighted by atomic mass is 10.0. The van der Waals surface area contributed by atoms with Gasteiger partial charge in [-0.3, -0.25) is 0 Å². The predicted octanol–water partition coefficient (Wildman–Crippen LogP) is 1.35. The Labute approximate surface area is 83.8 Å². The molecule has 0 amide bonds. The monoisotopic (exact) mass is 193 g/mol. The summed E-state index contributed by atoms with van der Waals surface area (Å²) in [5, 5.41) is 0. The SMILES string of the molecule is COc1cccc2c1CC[C@H](CN)O2. The topological polar surface area (TPSA) is 44.5 Å². The first-order valence-corrected chi connectivity index (χ1v) is 4.87. The fraction of sp³-hybridized carbons (Fsp3) is 0.455. The molecule has 0 saturated carbocycles. The summed E-state index contributed by atoms with van der Waals surface area (Å²) in [5.41, 5.74) is 6.74. The second-order valence-corrected chi connectivity index (χ2v) is 3.45. The first-order chi connectivity index (χ1) is 6.85. The second-order valence-electron chi connectivity index (χ2n) is 3.45. The van der Waals surface area contributed by atoms with Crippen molar-refractivity contribution >= 4 is 0 Å². The van der Waals surface area contributed by atoms with Crippen LogP contribution >= 0.6 is 0 Å². The zero-order chi connectivity index (χ0) is 9.97. The highest BCUT2D eigenvalue weighted by Crippen LogP contribution is 2.34. The van der Waals surface area contributed by atoms with Crippen LogP contribution < -0.4 is 15.2 Å². The lowest BCUT2D eigenvalue weighted by Gasteiger charge is -2.26. The second kappa shape index (κ2) is 3.88. The predicted molar refractivity (Wildman–Crippen MR) is 54.8 cm³/mol. The Morgan fingerprint density at radius 3 is 3.14 bits per heavy atom. The minimum atomic E-state index is 0.162. The van der Waals surface area contributed by atoms with E-state index >= 15 is 0 Å². The van der Waals surface area contributed by atoms with Crippen LogP contribution in [-0.2, 0) is 6.42 Å². The molecule has 76 valence electrons. The Balaban J connectivity index is 2.30. The molecule has 0 fully saturated rings. The molecule has 3 heteroatoms. The highest BCUT2D eigenvalue weighted by atomic mass is 16.5. The van der Waals surface area contributed by atoms with Gasteiger partial charge in [-0.2, -0.15) is 0 Å². The number of ether oxygens (including phenoxy) is 2. The Morgan fingerprint density at radius 1 is 1.57 bits per heavy atom. The van der Waals surface area contributed by atoms with Gasteiger partial charge in [-0.15, -0.1) is 0 Å². The highest BCUT2D eigenvalue weighted by Gasteiger charge is 2.20. The summed E-state index contributed by atoms with van der Waals surface area (Å²) in [5.74, 6) is 1.84. The van der Waals surface area contributed by atoms with Crippen molar-refractivity contribution in [1.82, 2.24) is 0 Å². The fourth-order valence-electron chi connectivity index (χ4n) is 1.80. The number of methoxy groups -OCH3 is 1. The van der Waals surface area contributed by atoms with E-state index in [1.54, 1.807) is 7.11 Å². The fourth-order valence-corrected chi connectivity index (χ4v) is 1.80. The van der Waals surface area contributed by atoms with Crippen molar-refractivity contribution in [1.29, 1.82) is 0 Å². The van der Waals surface area contributed by atoms with E-state index in [4.69, 9.17) is 15.2 Å². The first kappa shape index (κ1) is 9.34. The third-order valence-electron chi connectivity index (χ3n) is 2.58. The van der Waals surface area contributed by atoms with Gasteiger partial charge >= 0.3 is 0 Å². The van der Waals surface area contributed by atoms with Crippen molar-refractivity contribution in [2.45, 2.75) is 18.9 Å². The largest absolute Gasteiger partial charge is 0.496 e. The molecule has 1 aliphatic heterocycles. The molecule has 0 aliphatic carbocycles. The minimum absolute atomic E-state index is 0.162. The van der Waals surface area contributed by atoms with E-state index in [0.29, 0.717) is 6.54 Å². The molecule has 0 saturated heterocycles. The molecule has 14 heavy (non-hydrogen) atoms. The molecule has 2 N–H and O–H groups in total.